The Bertz CT molecular complexity index is 934. The van der Waals surface area contributed by atoms with E-state index in [1.54, 1.807) is 12.1 Å². The maximum atomic E-state index is 13.2. The van der Waals surface area contributed by atoms with Gasteiger partial charge in [0, 0.05) is 16.5 Å². The second-order valence-electron chi connectivity index (χ2n) is 5.22. The monoisotopic (exact) mass is 325 g/mol. The molecule has 0 radical (unpaired) electrons. The topological polar surface area (TPSA) is 30.0 Å². The van der Waals surface area contributed by atoms with Crippen LogP contribution in [0.1, 0.15) is 21.5 Å². The SMILES string of the molecule is Cc1cccc2cc(/C=C/C(=O)c3cccc(F)c3)c(Cl)nc12. The van der Waals surface area contributed by atoms with Gasteiger partial charge in [0.05, 0.1) is 5.52 Å². The van der Waals surface area contributed by atoms with Crippen molar-refractivity contribution in [3.8, 4) is 0 Å². The molecule has 114 valence electrons. The van der Waals surface area contributed by atoms with Crippen LogP contribution in [0.2, 0.25) is 5.15 Å². The zero-order valence-corrected chi connectivity index (χ0v) is 13.1. The average molecular weight is 326 g/mol. The normalized spacial score (nSPS) is 11.3. The first kappa shape index (κ1) is 15.4. The third-order valence-electron chi connectivity index (χ3n) is 3.55. The van der Waals surface area contributed by atoms with E-state index in [-0.39, 0.29) is 5.78 Å². The van der Waals surface area contributed by atoms with Gasteiger partial charge in [0.25, 0.3) is 0 Å². The number of halogens is 2. The first-order valence-electron chi connectivity index (χ1n) is 7.08. The van der Waals surface area contributed by atoms with Crippen LogP contribution in [-0.2, 0) is 0 Å². The summed E-state index contributed by atoms with van der Waals surface area (Å²) in [6.07, 6.45) is 2.98. The second-order valence-corrected chi connectivity index (χ2v) is 5.58. The van der Waals surface area contributed by atoms with Gasteiger partial charge >= 0.3 is 0 Å². The number of allylic oxidation sites excluding steroid dienone is 1. The van der Waals surface area contributed by atoms with Gasteiger partial charge in [-0.25, -0.2) is 9.37 Å². The quantitative estimate of drug-likeness (QED) is 0.375. The average Bonchev–Trinajstić information content (AvgIpc) is 2.53. The Kier molecular flexibility index (Phi) is 4.22. The van der Waals surface area contributed by atoms with Crippen molar-refractivity contribution in [3.05, 3.63) is 82.3 Å². The minimum absolute atomic E-state index is 0.287. The van der Waals surface area contributed by atoms with Crippen LogP contribution in [0.4, 0.5) is 4.39 Å². The fourth-order valence-corrected chi connectivity index (χ4v) is 2.56. The zero-order valence-electron chi connectivity index (χ0n) is 12.4. The Labute approximate surface area is 138 Å². The van der Waals surface area contributed by atoms with Crippen molar-refractivity contribution in [2.24, 2.45) is 0 Å². The van der Waals surface area contributed by atoms with Gasteiger partial charge in [-0.3, -0.25) is 4.79 Å². The molecule has 0 saturated heterocycles. The lowest BCUT2D eigenvalue weighted by Crippen LogP contribution is -1.95. The maximum absolute atomic E-state index is 13.2. The molecule has 0 fully saturated rings. The van der Waals surface area contributed by atoms with Gasteiger partial charge in [-0.1, -0.05) is 41.9 Å². The number of aryl methyl sites for hydroxylation is 1. The smallest absolute Gasteiger partial charge is 0.185 e. The van der Waals surface area contributed by atoms with Gasteiger partial charge in [-0.05, 0) is 42.8 Å². The van der Waals surface area contributed by atoms with E-state index >= 15 is 0 Å². The standard InChI is InChI=1S/C19H13ClFNO/c1-12-4-2-6-14-10-15(19(20)22-18(12)14)8-9-17(23)13-5-3-7-16(21)11-13/h2-11H,1H3/b9-8+. The summed E-state index contributed by atoms with van der Waals surface area (Å²) in [5, 5.41) is 1.28. The zero-order chi connectivity index (χ0) is 16.4. The number of pyridine rings is 1. The van der Waals surface area contributed by atoms with E-state index < -0.39 is 5.82 Å². The van der Waals surface area contributed by atoms with Crippen LogP contribution in [0.25, 0.3) is 17.0 Å². The summed E-state index contributed by atoms with van der Waals surface area (Å²) in [4.78, 5) is 16.5. The molecule has 0 unspecified atom stereocenters. The highest BCUT2D eigenvalue weighted by molar-refractivity contribution is 6.31. The Hall–Kier alpha value is -2.52. The third-order valence-corrected chi connectivity index (χ3v) is 3.85. The molecular weight excluding hydrogens is 313 g/mol. The molecule has 0 N–H and O–H groups in total. The molecule has 4 heteroatoms. The molecule has 0 aliphatic carbocycles. The molecule has 0 atom stereocenters. The minimum atomic E-state index is -0.440. The highest BCUT2D eigenvalue weighted by atomic mass is 35.5. The number of hydrogen-bond donors (Lipinski definition) is 0. The summed E-state index contributed by atoms with van der Waals surface area (Å²) in [6, 6.07) is 13.3. The van der Waals surface area contributed by atoms with Gasteiger partial charge < -0.3 is 0 Å². The maximum Gasteiger partial charge on any atom is 0.185 e. The van der Waals surface area contributed by atoms with Crippen LogP contribution in [0.5, 0.6) is 0 Å². The number of fused-ring (bicyclic) bond motifs is 1. The molecule has 0 bridgehead atoms. The molecule has 0 aliphatic heterocycles. The van der Waals surface area contributed by atoms with E-state index in [1.807, 2.05) is 31.2 Å². The number of benzene rings is 2. The van der Waals surface area contributed by atoms with E-state index in [9.17, 15) is 9.18 Å². The van der Waals surface area contributed by atoms with E-state index in [0.29, 0.717) is 16.3 Å². The van der Waals surface area contributed by atoms with Gasteiger partial charge in [-0.2, -0.15) is 0 Å². The predicted octanol–water partition coefficient (Wildman–Crippen LogP) is 5.23. The Morgan fingerprint density at radius 2 is 1.96 bits per heavy atom. The largest absolute Gasteiger partial charge is 0.289 e. The summed E-state index contributed by atoms with van der Waals surface area (Å²) < 4.78 is 13.2. The highest BCUT2D eigenvalue weighted by Crippen LogP contribution is 2.24. The van der Waals surface area contributed by atoms with Crippen LogP contribution in [0.15, 0.2) is 54.6 Å². The van der Waals surface area contributed by atoms with Crippen LogP contribution in [0.3, 0.4) is 0 Å². The lowest BCUT2D eigenvalue weighted by atomic mass is 10.1. The molecule has 2 aromatic carbocycles. The number of aromatic nitrogens is 1. The van der Waals surface area contributed by atoms with Crippen molar-refractivity contribution in [1.29, 1.82) is 0 Å². The third kappa shape index (κ3) is 3.30. The Morgan fingerprint density at radius 3 is 2.74 bits per heavy atom. The predicted molar refractivity (Wildman–Crippen MR) is 91.3 cm³/mol. The number of para-hydroxylation sites is 1. The number of carbonyl (C=O) groups excluding carboxylic acids is 1. The molecule has 0 amide bonds. The molecule has 3 aromatic rings. The highest BCUT2D eigenvalue weighted by Gasteiger charge is 2.06. The first-order valence-corrected chi connectivity index (χ1v) is 7.46. The number of hydrogen-bond acceptors (Lipinski definition) is 2. The van der Waals surface area contributed by atoms with Gasteiger partial charge in [0.15, 0.2) is 5.78 Å². The Balaban J connectivity index is 1.95. The van der Waals surface area contributed by atoms with Crippen molar-refractivity contribution in [2.75, 3.05) is 0 Å². The van der Waals surface area contributed by atoms with Crippen LogP contribution in [-0.4, -0.2) is 10.8 Å². The van der Waals surface area contributed by atoms with Crippen LogP contribution >= 0.6 is 11.6 Å². The van der Waals surface area contributed by atoms with Crippen molar-refractivity contribution in [3.63, 3.8) is 0 Å². The molecular formula is C19H13ClFNO. The summed E-state index contributed by atoms with van der Waals surface area (Å²) in [5.74, 6) is -0.727. The van der Waals surface area contributed by atoms with Crippen molar-refractivity contribution >= 4 is 34.4 Å². The molecule has 0 aliphatic rings. The van der Waals surface area contributed by atoms with Gasteiger partial charge in [0.1, 0.15) is 11.0 Å². The van der Waals surface area contributed by atoms with E-state index in [4.69, 9.17) is 11.6 Å². The minimum Gasteiger partial charge on any atom is -0.289 e. The fourth-order valence-electron chi connectivity index (χ4n) is 2.36. The molecule has 2 nitrogen and oxygen atoms in total. The van der Waals surface area contributed by atoms with Crippen molar-refractivity contribution in [1.82, 2.24) is 4.98 Å². The summed E-state index contributed by atoms with van der Waals surface area (Å²) in [7, 11) is 0. The molecule has 0 spiro atoms. The number of ketones is 1. The Morgan fingerprint density at radius 1 is 1.17 bits per heavy atom. The van der Waals surface area contributed by atoms with E-state index in [1.165, 1.54) is 24.3 Å². The van der Waals surface area contributed by atoms with Gasteiger partial charge in [-0.15, -0.1) is 0 Å². The lowest BCUT2D eigenvalue weighted by Gasteiger charge is -2.04. The summed E-state index contributed by atoms with van der Waals surface area (Å²) in [5.41, 5.74) is 2.82. The fraction of sp³-hybridized carbons (Fsp3) is 0.0526. The number of carbonyl (C=O) groups is 1. The molecule has 23 heavy (non-hydrogen) atoms. The van der Waals surface area contributed by atoms with Crippen LogP contribution < -0.4 is 0 Å². The summed E-state index contributed by atoms with van der Waals surface area (Å²) in [6.45, 7) is 1.97. The summed E-state index contributed by atoms with van der Waals surface area (Å²) >= 11 is 6.20. The molecule has 3 rings (SSSR count). The number of rotatable bonds is 3. The van der Waals surface area contributed by atoms with Crippen molar-refractivity contribution < 1.29 is 9.18 Å². The second kappa shape index (κ2) is 6.31. The molecule has 1 heterocycles. The molecule has 1 aromatic heterocycles. The van der Waals surface area contributed by atoms with Crippen LogP contribution in [0, 0.1) is 12.7 Å². The lowest BCUT2D eigenvalue weighted by molar-refractivity contribution is 0.104. The molecule has 0 saturated carbocycles. The van der Waals surface area contributed by atoms with Crippen molar-refractivity contribution in [2.45, 2.75) is 6.92 Å². The number of nitrogens with zero attached hydrogens (tertiary/aromatic N) is 1. The van der Waals surface area contributed by atoms with E-state index in [2.05, 4.69) is 4.98 Å². The van der Waals surface area contributed by atoms with Gasteiger partial charge in [0.2, 0.25) is 0 Å². The van der Waals surface area contributed by atoms with E-state index in [0.717, 1.165) is 16.5 Å². The first-order chi connectivity index (χ1) is 11.0.